The van der Waals surface area contributed by atoms with Crippen LogP contribution in [0.15, 0.2) is 18.2 Å². The Morgan fingerprint density at radius 1 is 1.50 bits per heavy atom. The molecular weight excluding hydrogens is 211 g/mol. The van der Waals surface area contributed by atoms with Crippen LogP contribution in [0.3, 0.4) is 0 Å². The molecule has 2 aromatic rings. The van der Waals surface area contributed by atoms with Crippen molar-refractivity contribution in [3.8, 4) is 5.75 Å². The zero-order valence-electron chi connectivity index (χ0n) is 8.35. The van der Waals surface area contributed by atoms with Gasteiger partial charge >= 0.3 is 0 Å². The summed E-state index contributed by atoms with van der Waals surface area (Å²) in [5.41, 5.74) is 0.897. The third-order valence-corrected chi connectivity index (χ3v) is 2.56. The van der Waals surface area contributed by atoms with Crippen LogP contribution in [0.2, 0.25) is 0 Å². The van der Waals surface area contributed by atoms with Crippen LogP contribution in [-0.2, 0) is 12.8 Å². The number of fused-ring (bicyclic) bond motifs is 1. The minimum atomic E-state index is -0.234. The van der Waals surface area contributed by atoms with Gasteiger partial charge in [-0.25, -0.2) is 4.39 Å². The van der Waals surface area contributed by atoms with E-state index in [9.17, 15) is 4.39 Å². The lowest BCUT2D eigenvalue weighted by Gasteiger charge is -2.06. The number of hydrogen-bond acceptors (Lipinski definition) is 4. The summed E-state index contributed by atoms with van der Waals surface area (Å²) in [6, 6.07) is 4.56. The van der Waals surface area contributed by atoms with E-state index in [0.29, 0.717) is 18.7 Å². The summed E-state index contributed by atoms with van der Waals surface area (Å²) in [6.45, 7) is 0. The highest BCUT2D eigenvalue weighted by atomic mass is 19.1. The van der Waals surface area contributed by atoms with Crippen molar-refractivity contribution in [1.82, 2.24) is 20.6 Å². The van der Waals surface area contributed by atoms with E-state index in [2.05, 4.69) is 20.6 Å². The predicted molar refractivity (Wildman–Crippen MR) is 52.4 cm³/mol. The number of H-pyrrole nitrogens is 1. The van der Waals surface area contributed by atoms with Gasteiger partial charge in [0.2, 0.25) is 0 Å². The first-order chi connectivity index (χ1) is 7.81. The second kappa shape index (κ2) is 3.55. The Labute approximate surface area is 90.6 Å². The Morgan fingerprint density at radius 3 is 3.25 bits per heavy atom. The van der Waals surface area contributed by atoms with Gasteiger partial charge in [0.1, 0.15) is 17.7 Å². The minimum absolute atomic E-state index is 0.0330. The van der Waals surface area contributed by atoms with Crippen LogP contribution in [-0.4, -0.2) is 26.7 Å². The molecule has 0 radical (unpaired) electrons. The average molecular weight is 220 g/mol. The molecule has 0 aliphatic carbocycles. The van der Waals surface area contributed by atoms with E-state index < -0.39 is 0 Å². The highest BCUT2D eigenvalue weighted by molar-refractivity contribution is 5.38. The molecule has 1 atom stereocenters. The van der Waals surface area contributed by atoms with Gasteiger partial charge in [0.25, 0.3) is 0 Å². The maximum atomic E-state index is 13.0. The summed E-state index contributed by atoms with van der Waals surface area (Å²) in [5.74, 6) is 1.12. The third-order valence-electron chi connectivity index (χ3n) is 2.56. The van der Waals surface area contributed by atoms with Gasteiger partial charge in [-0.05, 0) is 18.2 Å². The van der Waals surface area contributed by atoms with Gasteiger partial charge in [-0.1, -0.05) is 5.21 Å². The number of hydrogen-bond donors (Lipinski definition) is 1. The molecule has 0 saturated carbocycles. The largest absolute Gasteiger partial charge is 0.489 e. The fourth-order valence-corrected chi connectivity index (χ4v) is 1.88. The standard InChI is InChI=1S/C10H9FN4O/c11-7-1-2-9-6(3-7)4-8(16-9)5-10-12-14-15-13-10/h1-3,8H,4-5H2,(H,12,13,14,15). The number of nitrogens with zero attached hydrogens (tertiary/aromatic N) is 3. The second-order valence-electron chi connectivity index (χ2n) is 3.73. The molecule has 1 aromatic carbocycles. The first-order valence-corrected chi connectivity index (χ1v) is 4.98. The molecule has 1 unspecified atom stereocenters. The molecule has 5 nitrogen and oxygen atoms in total. The summed E-state index contributed by atoms with van der Waals surface area (Å²) in [7, 11) is 0. The predicted octanol–water partition coefficient (Wildman–Crippen LogP) is 0.885. The van der Waals surface area contributed by atoms with Crippen LogP contribution in [0, 0.1) is 5.82 Å². The van der Waals surface area contributed by atoms with E-state index in [4.69, 9.17) is 4.74 Å². The van der Waals surface area contributed by atoms with Gasteiger partial charge in [0.15, 0.2) is 5.82 Å². The zero-order chi connectivity index (χ0) is 11.0. The lowest BCUT2D eigenvalue weighted by molar-refractivity contribution is 0.230. The molecule has 1 N–H and O–H groups in total. The van der Waals surface area contributed by atoms with Gasteiger partial charge in [0.05, 0.1) is 0 Å². The molecule has 2 heterocycles. The van der Waals surface area contributed by atoms with E-state index in [1.165, 1.54) is 12.1 Å². The van der Waals surface area contributed by atoms with E-state index in [1.807, 2.05) is 0 Å². The van der Waals surface area contributed by atoms with Gasteiger partial charge in [-0.15, -0.1) is 10.2 Å². The number of ether oxygens (including phenoxy) is 1. The quantitative estimate of drug-likeness (QED) is 0.816. The molecule has 82 valence electrons. The smallest absolute Gasteiger partial charge is 0.178 e. The van der Waals surface area contributed by atoms with Gasteiger partial charge in [0, 0.05) is 18.4 Å². The topological polar surface area (TPSA) is 63.7 Å². The van der Waals surface area contributed by atoms with E-state index in [1.54, 1.807) is 6.07 Å². The monoisotopic (exact) mass is 220 g/mol. The zero-order valence-corrected chi connectivity index (χ0v) is 8.35. The first kappa shape index (κ1) is 9.26. The molecule has 0 bridgehead atoms. The lowest BCUT2D eigenvalue weighted by Crippen LogP contribution is -2.17. The molecule has 3 rings (SSSR count). The normalized spacial score (nSPS) is 18.2. The van der Waals surface area contributed by atoms with E-state index in [-0.39, 0.29) is 11.9 Å². The maximum Gasteiger partial charge on any atom is 0.178 e. The van der Waals surface area contributed by atoms with Gasteiger partial charge in [-0.3, -0.25) is 0 Å². The van der Waals surface area contributed by atoms with Crippen LogP contribution in [0.5, 0.6) is 5.75 Å². The van der Waals surface area contributed by atoms with E-state index >= 15 is 0 Å². The molecular formula is C10H9FN4O. The number of tetrazole rings is 1. The van der Waals surface area contributed by atoms with Crippen molar-refractivity contribution in [2.24, 2.45) is 0 Å². The van der Waals surface area contributed by atoms with Gasteiger partial charge in [-0.2, -0.15) is 5.21 Å². The third kappa shape index (κ3) is 1.62. The molecule has 6 heteroatoms. The molecule has 0 saturated heterocycles. The Kier molecular flexibility index (Phi) is 2.05. The molecule has 0 spiro atoms. The van der Waals surface area contributed by atoms with Crippen molar-refractivity contribution in [3.05, 3.63) is 35.4 Å². The van der Waals surface area contributed by atoms with E-state index in [0.717, 1.165) is 11.3 Å². The number of halogens is 1. The summed E-state index contributed by atoms with van der Waals surface area (Å²) in [4.78, 5) is 0. The SMILES string of the molecule is Fc1ccc2c(c1)CC(Cc1nn[nH]n1)O2. The molecule has 16 heavy (non-hydrogen) atoms. The van der Waals surface area contributed by atoms with Gasteiger partial charge < -0.3 is 4.74 Å². The summed E-state index contributed by atoms with van der Waals surface area (Å²) < 4.78 is 18.6. The molecule has 0 fully saturated rings. The molecule has 1 aromatic heterocycles. The summed E-state index contributed by atoms with van der Waals surface area (Å²) in [6.07, 6.45) is 1.23. The van der Waals surface area contributed by atoms with Crippen molar-refractivity contribution in [1.29, 1.82) is 0 Å². The van der Waals surface area contributed by atoms with Crippen molar-refractivity contribution in [3.63, 3.8) is 0 Å². The highest BCUT2D eigenvalue weighted by Gasteiger charge is 2.24. The summed E-state index contributed by atoms with van der Waals surface area (Å²) in [5, 5.41) is 13.6. The number of benzene rings is 1. The van der Waals surface area contributed by atoms with Crippen LogP contribution in [0.4, 0.5) is 4.39 Å². The number of nitrogens with one attached hydrogen (secondary N) is 1. The fourth-order valence-electron chi connectivity index (χ4n) is 1.88. The fraction of sp³-hybridized carbons (Fsp3) is 0.300. The average Bonchev–Trinajstić information content (AvgIpc) is 2.86. The molecule has 1 aliphatic heterocycles. The van der Waals surface area contributed by atoms with Crippen molar-refractivity contribution >= 4 is 0 Å². The van der Waals surface area contributed by atoms with Crippen molar-refractivity contribution in [2.75, 3.05) is 0 Å². The Hall–Kier alpha value is -1.98. The number of rotatable bonds is 2. The van der Waals surface area contributed by atoms with Crippen LogP contribution in [0.1, 0.15) is 11.4 Å². The first-order valence-electron chi connectivity index (χ1n) is 4.98. The molecule has 1 aliphatic rings. The Morgan fingerprint density at radius 2 is 2.44 bits per heavy atom. The minimum Gasteiger partial charge on any atom is -0.489 e. The molecule has 0 amide bonds. The Bertz CT molecular complexity index is 500. The maximum absolute atomic E-state index is 13.0. The van der Waals surface area contributed by atoms with Crippen molar-refractivity contribution < 1.29 is 9.13 Å². The second-order valence-corrected chi connectivity index (χ2v) is 3.73. The Balaban J connectivity index is 1.75. The highest BCUT2D eigenvalue weighted by Crippen LogP contribution is 2.30. The number of aromatic amines is 1. The van der Waals surface area contributed by atoms with Crippen LogP contribution >= 0.6 is 0 Å². The van der Waals surface area contributed by atoms with Crippen LogP contribution < -0.4 is 4.74 Å². The summed E-state index contributed by atoms with van der Waals surface area (Å²) >= 11 is 0. The van der Waals surface area contributed by atoms with Crippen molar-refractivity contribution in [2.45, 2.75) is 18.9 Å². The number of aromatic nitrogens is 4. The van der Waals surface area contributed by atoms with Crippen LogP contribution in [0.25, 0.3) is 0 Å². The lowest BCUT2D eigenvalue weighted by atomic mass is 10.1.